The zero-order valence-electron chi connectivity index (χ0n) is 30.0. The maximum absolute atomic E-state index is 12.4. The molecule has 44 heavy (non-hydrogen) atoms. The fourth-order valence-corrected chi connectivity index (χ4v) is 5.69. The van der Waals surface area contributed by atoms with Gasteiger partial charge in [-0.3, -0.25) is 9.59 Å². The van der Waals surface area contributed by atoms with Crippen LogP contribution in [0.2, 0.25) is 0 Å². The summed E-state index contributed by atoms with van der Waals surface area (Å²) >= 11 is 0. The van der Waals surface area contributed by atoms with E-state index in [-0.39, 0.29) is 18.5 Å². The van der Waals surface area contributed by atoms with Crippen molar-refractivity contribution in [2.24, 2.45) is 0 Å². The summed E-state index contributed by atoms with van der Waals surface area (Å²) in [6.07, 6.45) is 35.6. The molecule has 0 aliphatic rings. The number of ether oxygens (including phenoxy) is 3. The van der Waals surface area contributed by atoms with Crippen molar-refractivity contribution < 1.29 is 23.8 Å². The predicted octanol–water partition coefficient (Wildman–Crippen LogP) is 12.2. The summed E-state index contributed by atoms with van der Waals surface area (Å²) in [5, 5.41) is 0. The highest BCUT2D eigenvalue weighted by Crippen LogP contribution is 2.14. The third-order valence-electron chi connectivity index (χ3n) is 8.64. The maximum Gasteiger partial charge on any atom is 0.306 e. The summed E-state index contributed by atoms with van der Waals surface area (Å²) < 4.78 is 17.1. The fraction of sp³-hybridized carbons (Fsp3) is 0.949. The van der Waals surface area contributed by atoms with Gasteiger partial charge in [0.25, 0.3) is 0 Å². The Bertz CT molecular complexity index is 593. The molecule has 0 saturated carbocycles. The smallest absolute Gasteiger partial charge is 0.306 e. The molecule has 1 unspecified atom stereocenters. The zero-order chi connectivity index (χ0) is 32.2. The van der Waals surface area contributed by atoms with Gasteiger partial charge in [0, 0.05) is 19.4 Å². The molecule has 262 valence electrons. The molecule has 0 aromatic heterocycles. The van der Waals surface area contributed by atoms with Crippen LogP contribution < -0.4 is 0 Å². The highest BCUT2D eigenvalue weighted by atomic mass is 16.6. The summed E-state index contributed by atoms with van der Waals surface area (Å²) in [6, 6.07) is 0. The van der Waals surface area contributed by atoms with E-state index >= 15 is 0 Å². The molecule has 0 aliphatic carbocycles. The van der Waals surface area contributed by atoms with Crippen LogP contribution in [0.1, 0.15) is 213 Å². The number of hydrogen-bond acceptors (Lipinski definition) is 5. The van der Waals surface area contributed by atoms with E-state index in [9.17, 15) is 9.59 Å². The van der Waals surface area contributed by atoms with Gasteiger partial charge in [0.05, 0.1) is 6.61 Å². The van der Waals surface area contributed by atoms with Gasteiger partial charge in [0.2, 0.25) is 0 Å². The van der Waals surface area contributed by atoms with Crippen LogP contribution in [-0.4, -0.2) is 37.9 Å². The molecule has 0 fully saturated rings. The van der Waals surface area contributed by atoms with Crippen LogP contribution in [0.3, 0.4) is 0 Å². The summed E-state index contributed by atoms with van der Waals surface area (Å²) in [4.78, 5) is 24.7. The topological polar surface area (TPSA) is 61.8 Å². The molecular weight excluding hydrogens is 548 g/mol. The first kappa shape index (κ1) is 42.9. The molecule has 0 bridgehead atoms. The van der Waals surface area contributed by atoms with E-state index < -0.39 is 6.10 Å². The lowest BCUT2D eigenvalue weighted by Gasteiger charge is -2.18. The van der Waals surface area contributed by atoms with E-state index in [1.54, 1.807) is 0 Å². The Balaban J connectivity index is 3.98. The first-order chi connectivity index (χ1) is 21.6. The van der Waals surface area contributed by atoms with Gasteiger partial charge in [-0.25, -0.2) is 0 Å². The zero-order valence-corrected chi connectivity index (χ0v) is 30.0. The SMILES string of the molecule is CCCCCCCCCCCCCCCCCCOCC(COC(=O)CCCCCCCCC)OC(=O)CCCCCCC. The van der Waals surface area contributed by atoms with Crippen LogP contribution >= 0.6 is 0 Å². The number of carbonyl (C=O) groups excluding carboxylic acids is 2. The first-order valence-corrected chi connectivity index (χ1v) is 19.6. The molecule has 5 nitrogen and oxygen atoms in total. The van der Waals surface area contributed by atoms with Gasteiger partial charge in [-0.15, -0.1) is 0 Å². The Labute approximate surface area is 274 Å². The van der Waals surface area contributed by atoms with Gasteiger partial charge in [0.1, 0.15) is 6.61 Å². The average molecular weight is 625 g/mol. The van der Waals surface area contributed by atoms with E-state index in [2.05, 4.69) is 20.8 Å². The van der Waals surface area contributed by atoms with Crippen molar-refractivity contribution in [1.82, 2.24) is 0 Å². The monoisotopic (exact) mass is 625 g/mol. The summed E-state index contributed by atoms with van der Waals surface area (Å²) in [5.41, 5.74) is 0. The minimum atomic E-state index is -0.516. The van der Waals surface area contributed by atoms with Crippen LogP contribution in [0.25, 0.3) is 0 Å². The molecule has 0 rings (SSSR count). The number of carbonyl (C=O) groups is 2. The first-order valence-electron chi connectivity index (χ1n) is 19.6. The van der Waals surface area contributed by atoms with Crippen LogP contribution in [-0.2, 0) is 23.8 Å². The van der Waals surface area contributed by atoms with Crippen LogP contribution in [0.4, 0.5) is 0 Å². The average Bonchev–Trinajstić information content (AvgIpc) is 3.02. The molecule has 0 aliphatic heterocycles. The van der Waals surface area contributed by atoms with Crippen molar-refractivity contribution >= 4 is 11.9 Å². The van der Waals surface area contributed by atoms with E-state index in [0.717, 1.165) is 38.5 Å². The van der Waals surface area contributed by atoms with Crippen molar-refractivity contribution in [3.8, 4) is 0 Å². The molecule has 0 radical (unpaired) electrons. The third kappa shape index (κ3) is 33.8. The fourth-order valence-electron chi connectivity index (χ4n) is 5.69. The Kier molecular flexibility index (Phi) is 35.5. The third-order valence-corrected chi connectivity index (χ3v) is 8.64. The highest BCUT2D eigenvalue weighted by Gasteiger charge is 2.17. The molecule has 0 amide bonds. The van der Waals surface area contributed by atoms with Crippen molar-refractivity contribution in [3.63, 3.8) is 0 Å². The molecule has 1 atom stereocenters. The molecule has 0 saturated heterocycles. The largest absolute Gasteiger partial charge is 0.462 e. The highest BCUT2D eigenvalue weighted by molar-refractivity contribution is 5.70. The second-order valence-corrected chi connectivity index (χ2v) is 13.2. The van der Waals surface area contributed by atoms with Gasteiger partial charge in [-0.2, -0.15) is 0 Å². The Morgan fingerprint density at radius 1 is 0.409 bits per heavy atom. The summed E-state index contributed by atoms with van der Waals surface area (Å²) in [5.74, 6) is -0.405. The van der Waals surface area contributed by atoms with Gasteiger partial charge in [0.15, 0.2) is 6.10 Å². The Morgan fingerprint density at radius 3 is 1.16 bits per heavy atom. The van der Waals surface area contributed by atoms with Gasteiger partial charge in [-0.05, 0) is 19.3 Å². The normalized spacial score (nSPS) is 12.0. The molecule has 0 spiro atoms. The molecule has 5 heteroatoms. The van der Waals surface area contributed by atoms with Gasteiger partial charge < -0.3 is 14.2 Å². The van der Waals surface area contributed by atoms with Crippen molar-refractivity contribution in [2.45, 2.75) is 219 Å². The molecule has 0 N–H and O–H groups in total. The van der Waals surface area contributed by atoms with E-state index in [0.29, 0.717) is 26.1 Å². The molecular formula is C39H76O5. The van der Waals surface area contributed by atoms with E-state index in [1.807, 2.05) is 0 Å². The Hall–Kier alpha value is -1.10. The molecule has 0 aromatic rings. The summed E-state index contributed by atoms with van der Waals surface area (Å²) in [7, 11) is 0. The predicted molar refractivity (Wildman–Crippen MR) is 187 cm³/mol. The van der Waals surface area contributed by atoms with Crippen LogP contribution in [0.5, 0.6) is 0 Å². The summed E-state index contributed by atoms with van der Waals surface area (Å²) in [6.45, 7) is 7.75. The van der Waals surface area contributed by atoms with Gasteiger partial charge >= 0.3 is 11.9 Å². The van der Waals surface area contributed by atoms with E-state index in [4.69, 9.17) is 14.2 Å². The minimum absolute atomic E-state index is 0.0931. The lowest BCUT2D eigenvalue weighted by molar-refractivity contribution is -0.163. The quantitative estimate of drug-likeness (QED) is 0.0512. The number of unbranched alkanes of at least 4 members (excludes halogenated alkanes) is 25. The number of rotatable bonds is 36. The number of esters is 2. The van der Waals surface area contributed by atoms with Crippen molar-refractivity contribution in [2.75, 3.05) is 19.8 Å². The Morgan fingerprint density at radius 2 is 0.750 bits per heavy atom. The second kappa shape index (κ2) is 36.4. The van der Waals surface area contributed by atoms with Crippen LogP contribution in [0.15, 0.2) is 0 Å². The van der Waals surface area contributed by atoms with E-state index in [1.165, 1.54) is 141 Å². The minimum Gasteiger partial charge on any atom is -0.462 e. The standard InChI is InChI=1S/C39H76O5/c1-4-7-10-13-15-16-17-18-19-20-21-22-23-25-28-31-34-42-35-37(44-39(41)33-30-26-12-9-6-3)36-43-38(40)32-29-27-24-14-11-8-5-2/h37H,4-36H2,1-3H3. The number of hydrogen-bond donors (Lipinski definition) is 0. The van der Waals surface area contributed by atoms with Crippen LogP contribution in [0, 0.1) is 0 Å². The van der Waals surface area contributed by atoms with Crippen molar-refractivity contribution in [1.29, 1.82) is 0 Å². The molecule has 0 aromatic carbocycles. The maximum atomic E-state index is 12.4. The van der Waals surface area contributed by atoms with Gasteiger partial charge in [-0.1, -0.05) is 181 Å². The lowest BCUT2D eigenvalue weighted by atomic mass is 10.0. The lowest BCUT2D eigenvalue weighted by Crippen LogP contribution is -2.30. The molecule has 0 heterocycles. The van der Waals surface area contributed by atoms with Crippen molar-refractivity contribution in [3.05, 3.63) is 0 Å². The second-order valence-electron chi connectivity index (χ2n) is 13.2.